The Balaban J connectivity index is 3.16. The quantitative estimate of drug-likeness (QED) is 0.833. The molecule has 0 heterocycles. The maximum absolute atomic E-state index is 13.9. The van der Waals surface area contributed by atoms with Gasteiger partial charge in [0.2, 0.25) is 0 Å². The first-order valence-electron chi connectivity index (χ1n) is 5.85. The molecule has 1 rings (SSSR count). The van der Waals surface area contributed by atoms with Crippen LogP contribution in [-0.2, 0) is 6.54 Å². The monoisotopic (exact) mass is 224 g/mol. The van der Waals surface area contributed by atoms with Crippen LogP contribution in [0.25, 0.3) is 0 Å². The van der Waals surface area contributed by atoms with E-state index in [1.807, 2.05) is 6.07 Å². The molecular formula is C13H21FN2. The summed E-state index contributed by atoms with van der Waals surface area (Å²) in [5.74, 6) is -0.176. The molecule has 0 saturated heterocycles. The van der Waals surface area contributed by atoms with Crippen LogP contribution in [0.1, 0.15) is 32.8 Å². The molecule has 0 bridgehead atoms. The van der Waals surface area contributed by atoms with Crippen molar-refractivity contribution in [1.82, 2.24) is 0 Å². The van der Waals surface area contributed by atoms with Gasteiger partial charge in [0.05, 0.1) is 5.69 Å². The smallest absolute Gasteiger partial charge is 0.146 e. The van der Waals surface area contributed by atoms with Crippen molar-refractivity contribution in [3.8, 4) is 0 Å². The van der Waals surface area contributed by atoms with Crippen LogP contribution in [0.2, 0.25) is 0 Å². The van der Waals surface area contributed by atoms with E-state index in [1.54, 1.807) is 6.07 Å². The molecular weight excluding hydrogens is 203 g/mol. The summed E-state index contributed by atoms with van der Waals surface area (Å²) in [4.78, 5) is 2.08. The van der Waals surface area contributed by atoms with Gasteiger partial charge in [0.25, 0.3) is 0 Å². The van der Waals surface area contributed by atoms with Crippen LogP contribution < -0.4 is 10.6 Å². The minimum absolute atomic E-state index is 0.176. The molecule has 16 heavy (non-hydrogen) atoms. The van der Waals surface area contributed by atoms with E-state index < -0.39 is 0 Å². The summed E-state index contributed by atoms with van der Waals surface area (Å²) >= 11 is 0. The molecule has 0 amide bonds. The minimum atomic E-state index is -0.176. The number of para-hydroxylation sites is 1. The molecule has 0 aliphatic rings. The summed E-state index contributed by atoms with van der Waals surface area (Å²) in [5, 5.41) is 0. The van der Waals surface area contributed by atoms with Gasteiger partial charge in [-0.15, -0.1) is 0 Å². The maximum Gasteiger partial charge on any atom is 0.146 e. The normalized spacial score (nSPS) is 10.9. The van der Waals surface area contributed by atoms with Crippen LogP contribution in [0.15, 0.2) is 18.2 Å². The van der Waals surface area contributed by atoms with E-state index in [0.717, 1.165) is 18.5 Å². The predicted octanol–water partition coefficient (Wildman–Crippen LogP) is 2.91. The van der Waals surface area contributed by atoms with Gasteiger partial charge >= 0.3 is 0 Å². The molecule has 0 aliphatic heterocycles. The van der Waals surface area contributed by atoms with Crippen molar-refractivity contribution in [3.63, 3.8) is 0 Å². The highest BCUT2D eigenvalue weighted by Crippen LogP contribution is 2.26. The maximum atomic E-state index is 13.9. The molecule has 1 aromatic rings. The Morgan fingerprint density at radius 1 is 1.38 bits per heavy atom. The summed E-state index contributed by atoms with van der Waals surface area (Å²) in [5.41, 5.74) is 7.21. The zero-order valence-electron chi connectivity index (χ0n) is 10.3. The first-order chi connectivity index (χ1) is 7.61. The number of nitrogens with zero attached hydrogens (tertiary/aromatic N) is 1. The standard InChI is InChI=1S/C13H21FN2/c1-4-8-16(10(2)3)13-11(9-15)6-5-7-12(13)14/h5-7,10H,4,8-9,15H2,1-3H3. The molecule has 0 saturated carbocycles. The number of halogens is 1. The van der Waals surface area contributed by atoms with Gasteiger partial charge in [0.1, 0.15) is 5.82 Å². The van der Waals surface area contributed by atoms with E-state index in [-0.39, 0.29) is 11.9 Å². The lowest BCUT2D eigenvalue weighted by molar-refractivity contribution is 0.593. The number of hydrogen-bond donors (Lipinski definition) is 1. The second kappa shape index (κ2) is 5.85. The number of hydrogen-bond acceptors (Lipinski definition) is 2. The van der Waals surface area contributed by atoms with Crippen molar-refractivity contribution in [2.75, 3.05) is 11.4 Å². The van der Waals surface area contributed by atoms with Gasteiger partial charge in [-0.2, -0.15) is 0 Å². The largest absolute Gasteiger partial charge is 0.366 e. The van der Waals surface area contributed by atoms with Gasteiger partial charge in [-0.05, 0) is 31.9 Å². The third-order valence-electron chi connectivity index (χ3n) is 2.67. The third kappa shape index (κ3) is 2.73. The Bertz CT molecular complexity index is 337. The Morgan fingerprint density at radius 3 is 2.56 bits per heavy atom. The number of benzene rings is 1. The van der Waals surface area contributed by atoms with Crippen LogP contribution in [0, 0.1) is 5.82 Å². The molecule has 1 aromatic carbocycles. The molecule has 0 unspecified atom stereocenters. The highest BCUT2D eigenvalue weighted by molar-refractivity contribution is 5.55. The lowest BCUT2D eigenvalue weighted by Crippen LogP contribution is -2.33. The molecule has 0 atom stereocenters. The van der Waals surface area contributed by atoms with Gasteiger partial charge in [0, 0.05) is 19.1 Å². The van der Waals surface area contributed by atoms with Crippen molar-refractivity contribution in [2.24, 2.45) is 5.73 Å². The number of anilines is 1. The van der Waals surface area contributed by atoms with Crippen molar-refractivity contribution < 1.29 is 4.39 Å². The van der Waals surface area contributed by atoms with Gasteiger partial charge < -0.3 is 10.6 Å². The fourth-order valence-corrected chi connectivity index (χ4v) is 1.92. The molecule has 2 nitrogen and oxygen atoms in total. The third-order valence-corrected chi connectivity index (χ3v) is 2.67. The predicted molar refractivity (Wildman–Crippen MR) is 67.1 cm³/mol. The fraction of sp³-hybridized carbons (Fsp3) is 0.538. The molecule has 0 spiro atoms. The Morgan fingerprint density at radius 2 is 2.06 bits per heavy atom. The summed E-state index contributed by atoms with van der Waals surface area (Å²) in [6.07, 6.45) is 0.997. The van der Waals surface area contributed by atoms with Gasteiger partial charge in [0.15, 0.2) is 0 Å². The lowest BCUT2D eigenvalue weighted by Gasteiger charge is -2.30. The lowest BCUT2D eigenvalue weighted by atomic mass is 10.1. The van der Waals surface area contributed by atoms with Crippen molar-refractivity contribution in [2.45, 2.75) is 39.8 Å². The molecule has 0 aliphatic carbocycles. The van der Waals surface area contributed by atoms with Crippen LogP contribution in [0.3, 0.4) is 0 Å². The molecule has 3 heteroatoms. The van der Waals surface area contributed by atoms with Crippen LogP contribution in [0.4, 0.5) is 10.1 Å². The highest BCUT2D eigenvalue weighted by Gasteiger charge is 2.17. The Kier molecular flexibility index (Phi) is 4.74. The van der Waals surface area contributed by atoms with Crippen LogP contribution >= 0.6 is 0 Å². The SMILES string of the molecule is CCCN(c1c(F)cccc1CN)C(C)C. The second-order valence-electron chi connectivity index (χ2n) is 4.24. The Hall–Kier alpha value is -1.09. The van der Waals surface area contributed by atoms with Crippen molar-refractivity contribution in [1.29, 1.82) is 0 Å². The van der Waals surface area contributed by atoms with E-state index in [9.17, 15) is 4.39 Å². The zero-order chi connectivity index (χ0) is 12.1. The van der Waals surface area contributed by atoms with E-state index >= 15 is 0 Å². The summed E-state index contributed by atoms with van der Waals surface area (Å²) in [7, 11) is 0. The average Bonchev–Trinajstić information content (AvgIpc) is 2.26. The van der Waals surface area contributed by atoms with Gasteiger partial charge in [-0.25, -0.2) is 4.39 Å². The first kappa shape index (κ1) is 13.0. The molecule has 0 aromatic heterocycles. The van der Waals surface area contributed by atoms with Gasteiger partial charge in [-0.1, -0.05) is 19.1 Å². The summed E-state index contributed by atoms with van der Waals surface area (Å²) < 4.78 is 13.9. The van der Waals surface area contributed by atoms with E-state index in [4.69, 9.17) is 5.73 Å². The van der Waals surface area contributed by atoms with Crippen molar-refractivity contribution >= 4 is 5.69 Å². The fourth-order valence-electron chi connectivity index (χ4n) is 1.92. The number of rotatable bonds is 5. The van der Waals surface area contributed by atoms with Crippen LogP contribution in [-0.4, -0.2) is 12.6 Å². The van der Waals surface area contributed by atoms with E-state index in [2.05, 4.69) is 25.7 Å². The van der Waals surface area contributed by atoms with Gasteiger partial charge in [-0.3, -0.25) is 0 Å². The molecule has 0 fully saturated rings. The first-order valence-corrected chi connectivity index (χ1v) is 5.85. The molecule has 2 N–H and O–H groups in total. The van der Waals surface area contributed by atoms with E-state index in [1.165, 1.54) is 6.07 Å². The minimum Gasteiger partial charge on any atom is -0.366 e. The summed E-state index contributed by atoms with van der Waals surface area (Å²) in [6, 6.07) is 5.39. The topological polar surface area (TPSA) is 29.3 Å². The second-order valence-corrected chi connectivity index (χ2v) is 4.24. The zero-order valence-corrected chi connectivity index (χ0v) is 10.3. The van der Waals surface area contributed by atoms with Crippen molar-refractivity contribution in [3.05, 3.63) is 29.6 Å². The van der Waals surface area contributed by atoms with E-state index in [0.29, 0.717) is 12.2 Å². The number of nitrogens with two attached hydrogens (primary N) is 1. The van der Waals surface area contributed by atoms with Crippen LogP contribution in [0.5, 0.6) is 0 Å². The molecule has 90 valence electrons. The Labute approximate surface area is 97.3 Å². The highest BCUT2D eigenvalue weighted by atomic mass is 19.1. The summed E-state index contributed by atoms with van der Waals surface area (Å²) in [6.45, 7) is 7.47. The molecule has 0 radical (unpaired) electrons. The average molecular weight is 224 g/mol.